The van der Waals surface area contributed by atoms with Crippen molar-refractivity contribution >= 4 is 23.3 Å². The molecule has 2 aromatic rings. The number of rotatable bonds is 6. The molecule has 2 aliphatic rings. The Labute approximate surface area is 175 Å². The van der Waals surface area contributed by atoms with Crippen molar-refractivity contribution in [2.75, 3.05) is 18.6 Å². The third-order valence-corrected chi connectivity index (χ3v) is 6.06. The number of carbonyl (C=O) groups excluding carboxylic acids is 3. The predicted octanol–water partition coefficient (Wildman–Crippen LogP) is 3.88. The molecular weight excluding hydrogens is 382 g/mol. The molecule has 0 spiro atoms. The van der Waals surface area contributed by atoms with E-state index in [0.29, 0.717) is 28.7 Å². The van der Waals surface area contributed by atoms with Crippen LogP contribution in [0, 0.1) is 17.8 Å². The molecule has 2 amide bonds. The van der Waals surface area contributed by atoms with Crippen molar-refractivity contribution < 1.29 is 23.9 Å². The lowest BCUT2D eigenvalue weighted by Gasteiger charge is -2.25. The minimum atomic E-state index is -0.195. The van der Waals surface area contributed by atoms with E-state index in [2.05, 4.69) is 6.92 Å². The fraction of sp³-hybridized carbons (Fsp3) is 0.375. The molecule has 1 heterocycles. The lowest BCUT2D eigenvalue weighted by atomic mass is 9.76. The average molecular weight is 407 g/mol. The molecular formula is C24H25NO5. The van der Waals surface area contributed by atoms with E-state index in [1.165, 1.54) is 4.90 Å². The van der Waals surface area contributed by atoms with Gasteiger partial charge in [-0.3, -0.25) is 19.3 Å². The zero-order valence-corrected chi connectivity index (χ0v) is 17.2. The van der Waals surface area contributed by atoms with E-state index in [4.69, 9.17) is 9.47 Å². The number of hydrogen-bond acceptors (Lipinski definition) is 5. The van der Waals surface area contributed by atoms with Gasteiger partial charge in [0.2, 0.25) is 11.8 Å². The standard InChI is InChI=1S/C24H25NO5/c1-15-3-12-20-21(13-15)24(28)25(23(20)27)17-6-10-19(11-7-17)30-14-22(26)16-4-8-18(29-2)9-5-16/h4-11,15,20-21H,3,12-14H2,1-2H3/t15-,20-,21+/m0/s1. The van der Waals surface area contributed by atoms with Gasteiger partial charge in [-0.2, -0.15) is 0 Å². The summed E-state index contributed by atoms with van der Waals surface area (Å²) < 4.78 is 10.7. The van der Waals surface area contributed by atoms with Crippen molar-refractivity contribution in [1.29, 1.82) is 0 Å². The van der Waals surface area contributed by atoms with E-state index < -0.39 is 0 Å². The van der Waals surface area contributed by atoms with Gasteiger partial charge in [-0.15, -0.1) is 0 Å². The number of carbonyl (C=O) groups is 3. The molecule has 0 bridgehead atoms. The van der Waals surface area contributed by atoms with E-state index in [1.54, 1.807) is 55.6 Å². The van der Waals surface area contributed by atoms with Gasteiger partial charge in [0.15, 0.2) is 12.4 Å². The zero-order valence-electron chi connectivity index (χ0n) is 17.2. The number of nitrogens with zero attached hydrogens (tertiary/aromatic N) is 1. The number of ether oxygens (including phenoxy) is 2. The van der Waals surface area contributed by atoms with Crippen LogP contribution in [0.1, 0.15) is 36.5 Å². The molecule has 0 unspecified atom stereocenters. The van der Waals surface area contributed by atoms with Crippen LogP contribution in [0.4, 0.5) is 5.69 Å². The summed E-state index contributed by atoms with van der Waals surface area (Å²) in [6.07, 6.45) is 2.55. The molecule has 6 heteroatoms. The first kappa shape index (κ1) is 20.1. The Morgan fingerprint density at radius 2 is 1.57 bits per heavy atom. The highest BCUT2D eigenvalue weighted by atomic mass is 16.5. The molecule has 2 fully saturated rings. The van der Waals surface area contributed by atoms with Gasteiger partial charge in [-0.1, -0.05) is 6.92 Å². The average Bonchev–Trinajstić information content (AvgIpc) is 3.02. The summed E-state index contributed by atoms with van der Waals surface area (Å²) in [6.45, 7) is 2.03. The van der Waals surface area contributed by atoms with Gasteiger partial charge in [-0.25, -0.2) is 0 Å². The quantitative estimate of drug-likeness (QED) is 0.537. The first-order valence-corrected chi connectivity index (χ1v) is 10.3. The van der Waals surface area contributed by atoms with Crippen LogP contribution < -0.4 is 14.4 Å². The van der Waals surface area contributed by atoms with Gasteiger partial charge < -0.3 is 9.47 Å². The smallest absolute Gasteiger partial charge is 0.237 e. The Kier molecular flexibility index (Phi) is 5.57. The van der Waals surface area contributed by atoms with E-state index in [-0.39, 0.29) is 36.0 Å². The number of benzene rings is 2. The van der Waals surface area contributed by atoms with Crippen LogP contribution in [0.3, 0.4) is 0 Å². The zero-order chi connectivity index (χ0) is 21.3. The second kappa shape index (κ2) is 8.30. The van der Waals surface area contributed by atoms with Gasteiger partial charge in [0.25, 0.3) is 0 Å². The number of anilines is 1. The van der Waals surface area contributed by atoms with Crippen molar-refractivity contribution in [3.8, 4) is 11.5 Å². The number of fused-ring (bicyclic) bond motifs is 1. The molecule has 2 aromatic carbocycles. The van der Waals surface area contributed by atoms with Crippen molar-refractivity contribution in [3.63, 3.8) is 0 Å². The molecule has 0 aromatic heterocycles. The third-order valence-electron chi connectivity index (χ3n) is 6.06. The Morgan fingerprint density at radius 1 is 0.933 bits per heavy atom. The van der Waals surface area contributed by atoms with Gasteiger partial charge in [0, 0.05) is 5.56 Å². The number of ketones is 1. The monoisotopic (exact) mass is 407 g/mol. The number of imide groups is 1. The highest BCUT2D eigenvalue weighted by Crippen LogP contribution is 2.42. The summed E-state index contributed by atoms with van der Waals surface area (Å²) in [6, 6.07) is 13.6. The van der Waals surface area contributed by atoms with Crippen molar-refractivity contribution in [1.82, 2.24) is 0 Å². The van der Waals surface area contributed by atoms with Crippen LogP contribution >= 0.6 is 0 Å². The van der Waals surface area contributed by atoms with E-state index in [0.717, 1.165) is 19.3 Å². The van der Waals surface area contributed by atoms with Crippen LogP contribution in [0.5, 0.6) is 11.5 Å². The summed E-state index contributed by atoms with van der Waals surface area (Å²) in [4.78, 5) is 39.2. The fourth-order valence-electron chi connectivity index (χ4n) is 4.34. The van der Waals surface area contributed by atoms with Crippen LogP contribution in [-0.4, -0.2) is 31.3 Å². The summed E-state index contributed by atoms with van der Waals surface area (Å²) >= 11 is 0. The molecule has 0 radical (unpaired) electrons. The number of hydrogen-bond donors (Lipinski definition) is 0. The van der Waals surface area contributed by atoms with Gasteiger partial charge in [-0.05, 0) is 73.7 Å². The number of amides is 2. The largest absolute Gasteiger partial charge is 0.497 e. The normalized spacial score (nSPS) is 23.3. The highest BCUT2D eigenvalue weighted by Gasteiger charge is 2.49. The molecule has 6 nitrogen and oxygen atoms in total. The molecule has 1 saturated heterocycles. The van der Waals surface area contributed by atoms with Crippen LogP contribution in [0.2, 0.25) is 0 Å². The first-order valence-electron chi connectivity index (χ1n) is 10.3. The Balaban J connectivity index is 1.40. The second-order valence-electron chi connectivity index (χ2n) is 8.08. The number of methoxy groups -OCH3 is 1. The Hall–Kier alpha value is -3.15. The SMILES string of the molecule is COc1ccc(C(=O)COc2ccc(N3C(=O)[C@H]4CC[C@H](C)C[C@H]4C3=O)cc2)cc1. The van der Waals surface area contributed by atoms with Crippen molar-refractivity contribution in [2.45, 2.75) is 26.2 Å². The predicted molar refractivity (Wildman–Crippen MR) is 112 cm³/mol. The minimum absolute atomic E-state index is 0.0970. The topological polar surface area (TPSA) is 72.9 Å². The van der Waals surface area contributed by atoms with Crippen LogP contribution in [0.25, 0.3) is 0 Å². The van der Waals surface area contributed by atoms with Gasteiger partial charge in [0.05, 0.1) is 24.6 Å². The number of Topliss-reactive ketones (excluding diaryl/α,β-unsaturated/α-hetero) is 1. The maximum absolute atomic E-state index is 12.8. The summed E-state index contributed by atoms with van der Waals surface area (Å²) in [5, 5.41) is 0. The van der Waals surface area contributed by atoms with Crippen LogP contribution in [0.15, 0.2) is 48.5 Å². The maximum atomic E-state index is 12.8. The van der Waals surface area contributed by atoms with Gasteiger partial charge >= 0.3 is 0 Å². The van der Waals surface area contributed by atoms with E-state index in [9.17, 15) is 14.4 Å². The molecule has 156 valence electrons. The molecule has 4 rings (SSSR count). The fourth-order valence-corrected chi connectivity index (χ4v) is 4.34. The third kappa shape index (κ3) is 3.82. The van der Waals surface area contributed by atoms with Crippen LogP contribution in [-0.2, 0) is 9.59 Å². The molecule has 1 aliphatic carbocycles. The van der Waals surface area contributed by atoms with Crippen molar-refractivity contribution in [3.05, 3.63) is 54.1 Å². The maximum Gasteiger partial charge on any atom is 0.237 e. The van der Waals surface area contributed by atoms with E-state index in [1.807, 2.05) is 0 Å². The van der Waals surface area contributed by atoms with Gasteiger partial charge in [0.1, 0.15) is 11.5 Å². The highest BCUT2D eigenvalue weighted by molar-refractivity contribution is 6.22. The molecule has 3 atom stereocenters. The summed E-state index contributed by atoms with van der Waals surface area (Å²) in [7, 11) is 1.57. The Morgan fingerprint density at radius 3 is 2.23 bits per heavy atom. The van der Waals surface area contributed by atoms with E-state index >= 15 is 0 Å². The summed E-state index contributed by atoms with van der Waals surface area (Å²) in [5.74, 6) is 0.937. The lowest BCUT2D eigenvalue weighted by molar-refractivity contribution is -0.122. The molecule has 1 aliphatic heterocycles. The minimum Gasteiger partial charge on any atom is -0.497 e. The molecule has 0 N–H and O–H groups in total. The summed E-state index contributed by atoms with van der Waals surface area (Å²) in [5.41, 5.74) is 1.10. The second-order valence-corrected chi connectivity index (χ2v) is 8.08. The Bertz CT molecular complexity index is 951. The first-order chi connectivity index (χ1) is 14.5. The van der Waals surface area contributed by atoms with Crippen molar-refractivity contribution in [2.24, 2.45) is 17.8 Å². The molecule has 30 heavy (non-hydrogen) atoms. The lowest BCUT2D eigenvalue weighted by Crippen LogP contribution is -2.30. The molecule has 1 saturated carbocycles.